The van der Waals surface area contributed by atoms with Crippen molar-refractivity contribution < 1.29 is 19.1 Å². The Balaban J connectivity index is 2.32. The smallest absolute Gasteiger partial charge is 0.338 e. The molecule has 23 heavy (non-hydrogen) atoms. The number of carbonyl (C=O) groups is 2. The summed E-state index contributed by atoms with van der Waals surface area (Å²) >= 11 is 2.21. The first-order valence-corrected chi connectivity index (χ1v) is 8.37. The highest BCUT2D eigenvalue weighted by Crippen LogP contribution is 2.31. The fourth-order valence-electron chi connectivity index (χ4n) is 2.86. The molecule has 0 atom stereocenters. The topological polar surface area (TPSA) is 70.4 Å². The van der Waals surface area contributed by atoms with Gasteiger partial charge >= 0.3 is 11.9 Å². The molecule has 6 nitrogen and oxygen atoms in total. The number of imidazole rings is 1. The van der Waals surface area contributed by atoms with Gasteiger partial charge in [-0.05, 0) is 29.1 Å². The summed E-state index contributed by atoms with van der Waals surface area (Å²) in [5.74, 6) is -0.214. The van der Waals surface area contributed by atoms with Gasteiger partial charge in [-0.2, -0.15) is 0 Å². The summed E-state index contributed by atoms with van der Waals surface area (Å²) in [6.45, 7) is 0. The van der Waals surface area contributed by atoms with Crippen LogP contribution in [-0.2, 0) is 15.9 Å². The third-order valence-corrected chi connectivity index (χ3v) is 4.64. The molecule has 2 heterocycles. The van der Waals surface area contributed by atoms with Crippen LogP contribution in [0.1, 0.15) is 39.4 Å². The van der Waals surface area contributed by atoms with E-state index in [4.69, 9.17) is 9.47 Å². The van der Waals surface area contributed by atoms with E-state index in [0.29, 0.717) is 5.52 Å². The number of fused-ring (bicyclic) bond motifs is 3. The zero-order valence-electron chi connectivity index (χ0n) is 12.8. The predicted octanol–water partition coefficient (Wildman–Crippen LogP) is 3.18. The van der Waals surface area contributed by atoms with Crippen molar-refractivity contribution >= 4 is 51.3 Å². The largest absolute Gasteiger partial charge is 0.465 e. The van der Waals surface area contributed by atoms with Crippen molar-refractivity contribution in [2.24, 2.45) is 0 Å². The first-order valence-electron chi connectivity index (χ1n) is 7.12. The summed E-state index contributed by atoms with van der Waals surface area (Å²) in [6.07, 6.45) is 2.85. The van der Waals surface area contributed by atoms with Gasteiger partial charge in [0.25, 0.3) is 0 Å². The second-order valence-electron chi connectivity index (χ2n) is 5.19. The van der Waals surface area contributed by atoms with Crippen LogP contribution in [0.15, 0.2) is 16.2 Å². The van der Waals surface area contributed by atoms with E-state index in [-0.39, 0.29) is 11.1 Å². The van der Waals surface area contributed by atoms with Crippen molar-refractivity contribution in [2.45, 2.75) is 19.3 Å². The highest BCUT2D eigenvalue weighted by atomic mass is 127. The van der Waals surface area contributed by atoms with E-state index in [1.165, 1.54) is 14.2 Å². The van der Waals surface area contributed by atoms with Gasteiger partial charge in [-0.3, -0.25) is 4.57 Å². The number of hydrogen-bond acceptors (Lipinski definition) is 5. The highest BCUT2D eigenvalue weighted by Gasteiger charge is 2.24. The SMILES string of the molecule is COC(=O)c1cc2nc3n(c2cc1C(=O)OC)/C(=C/I)CCC3. The normalized spacial score (nSPS) is 15.5. The number of allylic oxidation sites excluding steroid dienone is 1. The summed E-state index contributed by atoms with van der Waals surface area (Å²) in [5.41, 5.74) is 2.97. The summed E-state index contributed by atoms with van der Waals surface area (Å²) in [7, 11) is 2.57. The Hall–Kier alpha value is -1.90. The molecule has 120 valence electrons. The molecule has 1 aromatic carbocycles. The molecule has 0 saturated carbocycles. The number of rotatable bonds is 2. The van der Waals surface area contributed by atoms with Gasteiger partial charge in [0, 0.05) is 12.1 Å². The number of hydrogen-bond donors (Lipinski definition) is 0. The number of carbonyl (C=O) groups excluding carboxylic acids is 2. The lowest BCUT2D eigenvalue weighted by atomic mass is 10.1. The first kappa shape index (κ1) is 16.0. The number of methoxy groups -OCH3 is 2. The fraction of sp³-hybridized carbons (Fsp3) is 0.312. The van der Waals surface area contributed by atoms with Gasteiger partial charge in [0.05, 0.1) is 36.4 Å². The average molecular weight is 426 g/mol. The number of nitrogens with zero attached hydrogens (tertiary/aromatic N) is 2. The number of aromatic nitrogens is 2. The van der Waals surface area contributed by atoms with E-state index >= 15 is 0 Å². The molecule has 0 radical (unpaired) electrons. The number of benzene rings is 1. The minimum Gasteiger partial charge on any atom is -0.465 e. The monoisotopic (exact) mass is 426 g/mol. The third kappa shape index (κ3) is 2.62. The highest BCUT2D eigenvalue weighted by molar-refractivity contribution is 14.1. The van der Waals surface area contributed by atoms with Gasteiger partial charge < -0.3 is 9.47 Å². The van der Waals surface area contributed by atoms with E-state index < -0.39 is 11.9 Å². The first-order chi connectivity index (χ1) is 11.1. The van der Waals surface area contributed by atoms with Crippen LogP contribution >= 0.6 is 22.6 Å². The molecule has 1 aromatic heterocycles. The van der Waals surface area contributed by atoms with Crippen molar-refractivity contribution in [2.75, 3.05) is 14.2 Å². The molecule has 0 fully saturated rings. The molecule has 1 aliphatic rings. The number of halogens is 1. The number of aryl methyl sites for hydroxylation is 1. The Morgan fingerprint density at radius 2 is 1.83 bits per heavy atom. The lowest BCUT2D eigenvalue weighted by Gasteiger charge is -2.18. The summed E-state index contributed by atoms with van der Waals surface area (Å²) in [5, 5.41) is 0. The second kappa shape index (κ2) is 6.31. The van der Waals surface area contributed by atoms with E-state index in [2.05, 4.69) is 32.1 Å². The summed E-state index contributed by atoms with van der Waals surface area (Å²) < 4.78 is 13.6. The molecular formula is C16H15IN2O4. The molecule has 1 aliphatic heterocycles. The van der Waals surface area contributed by atoms with E-state index in [9.17, 15) is 9.59 Å². The van der Waals surface area contributed by atoms with Gasteiger partial charge in [-0.15, -0.1) is 0 Å². The fourth-order valence-corrected chi connectivity index (χ4v) is 3.45. The van der Waals surface area contributed by atoms with E-state index in [1.807, 2.05) is 4.08 Å². The van der Waals surface area contributed by atoms with Crippen LogP contribution < -0.4 is 0 Å². The Morgan fingerprint density at radius 1 is 1.17 bits per heavy atom. The number of ether oxygens (including phenoxy) is 2. The maximum absolute atomic E-state index is 12.1. The molecule has 7 heteroatoms. The van der Waals surface area contributed by atoms with Crippen LogP contribution in [0.5, 0.6) is 0 Å². The Labute approximate surface area is 146 Å². The quantitative estimate of drug-likeness (QED) is 0.545. The van der Waals surface area contributed by atoms with Crippen molar-refractivity contribution in [3.05, 3.63) is 33.2 Å². The molecule has 0 unspecified atom stereocenters. The van der Waals surface area contributed by atoms with Crippen LogP contribution in [0.3, 0.4) is 0 Å². The maximum Gasteiger partial charge on any atom is 0.338 e. The molecule has 0 aliphatic carbocycles. The van der Waals surface area contributed by atoms with Gasteiger partial charge in [-0.25, -0.2) is 14.6 Å². The zero-order valence-corrected chi connectivity index (χ0v) is 14.9. The van der Waals surface area contributed by atoms with Crippen LogP contribution in [0.25, 0.3) is 16.7 Å². The Bertz CT molecular complexity index is 838. The Kier molecular flexibility index (Phi) is 4.38. The van der Waals surface area contributed by atoms with Crippen molar-refractivity contribution in [3.63, 3.8) is 0 Å². The average Bonchev–Trinajstić information content (AvgIpc) is 2.96. The van der Waals surface area contributed by atoms with Crippen molar-refractivity contribution in [1.29, 1.82) is 0 Å². The molecular weight excluding hydrogens is 411 g/mol. The van der Waals surface area contributed by atoms with Crippen LogP contribution in [0, 0.1) is 0 Å². The molecule has 0 spiro atoms. The molecule has 0 saturated heterocycles. The molecule has 0 bridgehead atoms. The number of esters is 2. The summed E-state index contributed by atoms with van der Waals surface area (Å²) in [6, 6.07) is 3.26. The van der Waals surface area contributed by atoms with Gasteiger partial charge in [0.1, 0.15) is 5.82 Å². The van der Waals surface area contributed by atoms with Gasteiger partial charge in [0.2, 0.25) is 0 Å². The third-order valence-electron chi connectivity index (χ3n) is 3.92. The lowest BCUT2D eigenvalue weighted by molar-refractivity contribution is 0.0555. The standard InChI is InChI=1S/C16H15IN2O4/c1-22-15(20)10-6-12-13(7-11(10)16(21)23-2)19-9(8-17)4-3-5-14(19)18-12/h6-8H,3-5H2,1-2H3/b9-8+. The summed E-state index contributed by atoms with van der Waals surface area (Å²) in [4.78, 5) is 28.7. The van der Waals surface area contributed by atoms with Crippen molar-refractivity contribution in [1.82, 2.24) is 9.55 Å². The predicted molar refractivity (Wildman–Crippen MR) is 93.6 cm³/mol. The van der Waals surface area contributed by atoms with E-state index in [0.717, 1.165) is 36.3 Å². The minimum absolute atomic E-state index is 0.169. The molecule has 0 N–H and O–H groups in total. The maximum atomic E-state index is 12.1. The zero-order chi connectivity index (χ0) is 16.6. The minimum atomic E-state index is -0.581. The molecule has 3 rings (SSSR count). The molecule has 2 aromatic rings. The second-order valence-corrected chi connectivity index (χ2v) is 5.81. The van der Waals surface area contributed by atoms with Crippen LogP contribution in [0.2, 0.25) is 0 Å². The van der Waals surface area contributed by atoms with Gasteiger partial charge in [0.15, 0.2) is 0 Å². The van der Waals surface area contributed by atoms with Crippen LogP contribution in [-0.4, -0.2) is 35.7 Å². The Morgan fingerprint density at radius 3 is 2.43 bits per heavy atom. The van der Waals surface area contributed by atoms with Crippen LogP contribution in [0.4, 0.5) is 0 Å². The van der Waals surface area contributed by atoms with E-state index in [1.54, 1.807) is 12.1 Å². The lowest BCUT2D eigenvalue weighted by Crippen LogP contribution is -2.13. The van der Waals surface area contributed by atoms with Crippen molar-refractivity contribution in [3.8, 4) is 0 Å². The van der Waals surface area contributed by atoms with Gasteiger partial charge in [-0.1, -0.05) is 22.6 Å². The molecule has 0 amide bonds.